The lowest BCUT2D eigenvalue weighted by Gasteiger charge is -2.24. The Balaban J connectivity index is 1.92. The number of hydrogen-bond acceptors (Lipinski definition) is 3. The summed E-state index contributed by atoms with van der Waals surface area (Å²) < 4.78 is 28.5. The fourth-order valence-corrected chi connectivity index (χ4v) is 2.94. The van der Waals surface area contributed by atoms with Crippen LogP contribution in [0.2, 0.25) is 0 Å². The van der Waals surface area contributed by atoms with E-state index in [-0.39, 0.29) is 30.7 Å². The SMILES string of the molecule is O=C(CCO)N[C@@H]1CCCc2c1cnn2-c1ccc(F)cc1F. The number of aliphatic hydroxyl groups excluding tert-OH is 1. The molecule has 2 N–H and O–H groups in total. The molecule has 1 atom stereocenters. The maximum Gasteiger partial charge on any atom is 0.222 e. The van der Waals surface area contributed by atoms with Crippen molar-refractivity contribution in [3.05, 3.63) is 47.3 Å². The lowest BCUT2D eigenvalue weighted by molar-refractivity contribution is -0.122. The van der Waals surface area contributed by atoms with E-state index in [1.165, 1.54) is 16.8 Å². The van der Waals surface area contributed by atoms with E-state index in [4.69, 9.17) is 5.11 Å². The number of nitrogens with one attached hydrogen (secondary N) is 1. The molecule has 1 aliphatic rings. The molecule has 5 nitrogen and oxygen atoms in total. The van der Waals surface area contributed by atoms with E-state index in [2.05, 4.69) is 10.4 Å². The summed E-state index contributed by atoms with van der Waals surface area (Å²) in [6, 6.07) is 3.17. The van der Waals surface area contributed by atoms with Crippen LogP contribution in [0.3, 0.4) is 0 Å². The van der Waals surface area contributed by atoms with Crippen LogP contribution in [0, 0.1) is 11.6 Å². The molecule has 0 fully saturated rings. The van der Waals surface area contributed by atoms with Crippen molar-refractivity contribution in [1.82, 2.24) is 15.1 Å². The van der Waals surface area contributed by atoms with Gasteiger partial charge in [0.25, 0.3) is 0 Å². The van der Waals surface area contributed by atoms with Gasteiger partial charge in [0.05, 0.1) is 18.8 Å². The van der Waals surface area contributed by atoms with Gasteiger partial charge in [-0.3, -0.25) is 4.79 Å². The van der Waals surface area contributed by atoms with Crippen molar-refractivity contribution < 1.29 is 18.7 Å². The molecule has 1 aliphatic carbocycles. The first-order valence-corrected chi connectivity index (χ1v) is 7.52. The molecule has 0 radical (unpaired) electrons. The first-order valence-electron chi connectivity index (χ1n) is 7.52. The third-order valence-electron chi connectivity index (χ3n) is 3.99. The largest absolute Gasteiger partial charge is 0.396 e. The van der Waals surface area contributed by atoms with Gasteiger partial charge in [-0.2, -0.15) is 5.10 Å². The van der Waals surface area contributed by atoms with Gasteiger partial charge in [-0.15, -0.1) is 0 Å². The molecule has 0 unspecified atom stereocenters. The van der Waals surface area contributed by atoms with E-state index < -0.39 is 11.6 Å². The van der Waals surface area contributed by atoms with Crippen molar-refractivity contribution >= 4 is 5.91 Å². The van der Waals surface area contributed by atoms with Crippen molar-refractivity contribution in [2.45, 2.75) is 31.7 Å². The van der Waals surface area contributed by atoms with E-state index in [9.17, 15) is 13.6 Å². The smallest absolute Gasteiger partial charge is 0.222 e. The summed E-state index contributed by atoms with van der Waals surface area (Å²) in [4.78, 5) is 11.7. The van der Waals surface area contributed by atoms with Gasteiger partial charge < -0.3 is 10.4 Å². The van der Waals surface area contributed by atoms with E-state index in [1.807, 2.05) is 0 Å². The molecule has 1 aromatic carbocycles. The second kappa shape index (κ2) is 6.45. The number of carbonyl (C=O) groups is 1. The number of benzene rings is 1. The fourth-order valence-electron chi connectivity index (χ4n) is 2.94. The Morgan fingerprint density at radius 2 is 2.26 bits per heavy atom. The first-order chi connectivity index (χ1) is 11.1. The zero-order valence-electron chi connectivity index (χ0n) is 12.4. The minimum absolute atomic E-state index is 0.0482. The number of halogens is 2. The van der Waals surface area contributed by atoms with Gasteiger partial charge in [0.2, 0.25) is 5.91 Å². The van der Waals surface area contributed by atoms with Crippen LogP contribution >= 0.6 is 0 Å². The van der Waals surface area contributed by atoms with E-state index in [0.29, 0.717) is 6.42 Å². The van der Waals surface area contributed by atoms with E-state index in [0.717, 1.165) is 30.2 Å². The summed E-state index contributed by atoms with van der Waals surface area (Å²) in [5.74, 6) is -1.55. The summed E-state index contributed by atoms with van der Waals surface area (Å²) in [5.41, 5.74) is 1.84. The Morgan fingerprint density at radius 3 is 3.00 bits per heavy atom. The Labute approximate surface area is 131 Å². The highest BCUT2D eigenvalue weighted by atomic mass is 19.1. The topological polar surface area (TPSA) is 67.2 Å². The van der Waals surface area contributed by atoms with Gasteiger partial charge in [0.15, 0.2) is 5.82 Å². The van der Waals surface area contributed by atoms with E-state index in [1.54, 1.807) is 6.20 Å². The molecule has 23 heavy (non-hydrogen) atoms. The molecule has 2 aromatic rings. The number of hydrogen-bond donors (Lipinski definition) is 2. The molecule has 1 aromatic heterocycles. The van der Waals surface area contributed by atoms with E-state index >= 15 is 0 Å². The van der Waals surface area contributed by atoms with Crippen LogP contribution in [0.15, 0.2) is 24.4 Å². The Bertz CT molecular complexity index is 730. The van der Waals surface area contributed by atoms with Gasteiger partial charge in [0.1, 0.15) is 11.5 Å². The van der Waals surface area contributed by atoms with Gasteiger partial charge in [-0.1, -0.05) is 0 Å². The molecular formula is C16H17F2N3O2. The third-order valence-corrected chi connectivity index (χ3v) is 3.99. The second-order valence-electron chi connectivity index (χ2n) is 5.54. The number of aliphatic hydroxyl groups is 1. The van der Waals surface area contributed by atoms with Gasteiger partial charge >= 0.3 is 0 Å². The minimum Gasteiger partial charge on any atom is -0.396 e. The lowest BCUT2D eigenvalue weighted by atomic mass is 9.92. The maximum absolute atomic E-state index is 14.0. The van der Waals surface area contributed by atoms with Crippen molar-refractivity contribution in [1.29, 1.82) is 0 Å². The highest BCUT2D eigenvalue weighted by Gasteiger charge is 2.26. The van der Waals surface area contributed by atoms with Crippen LogP contribution in [-0.2, 0) is 11.2 Å². The van der Waals surface area contributed by atoms with Crippen molar-refractivity contribution in [2.75, 3.05) is 6.61 Å². The quantitative estimate of drug-likeness (QED) is 0.905. The Hall–Kier alpha value is -2.28. The van der Waals surface area contributed by atoms with Crippen LogP contribution in [0.25, 0.3) is 5.69 Å². The van der Waals surface area contributed by atoms with Gasteiger partial charge in [0, 0.05) is 23.7 Å². The molecule has 0 spiro atoms. The van der Waals surface area contributed by atoms with Crippen LogP contribution < -0.4 is 5.32 Å². The van der Waals surface area contributed by atoms with Crippen LogP contribution in [0.1, 0.15) is 36.6 Å². The van der Waals surface area contributed by atoms with Crippen molar-refractivity contribution in [3.8, 4) is 5.69 Å². The van der Waals surface area contributed by atoms with Gasteiger partial charge in [-0.05, 0) is 31.4 Å². The highest BCUT2D eigenvalue weighted by molar-refractivity contribution is 5.76. The summed E-state index contributed by atoms with van der Waals surface area (Å²) in [6.07, 6.45) is 3.96. The zero-order chi connectivity index (χ0) is 16.4. The molecule has 3 rings (SSSR count). The molecule has 0 aliphatic heterocycles. The molecular weight excluding hydrogens is 304 g/mol. The predicted octanol–water partition coefficient (Wildman–Crippen LogP) is 2.03. The molecule has 0 saturated heterocycles. The van der Waals surface area contributed by atoms with Crippen LogP contribution in [0.5, 0.6) is 0 Å². The number of rotatable bonds is 4. The molecule has 122 valence electrons. The molecule has 1 amide bonds. The third kappa shape index (κ3) is 3.10. The monoisotopic (exact) mass is 321 g/mol. The standard InChI is InChI=1S/C16H17F2N3O2/c17-10-4-5-15(12(18)8-10)21-14-3-1-2-13(11(14)9-19-21)20-16(23)6-7-22/h4-5,8-9,13,22H,1-3,6-7H2,(H,20,23)/t13-/m1/s1. The summed E-state index contributed by atoms with van der Waals surface area (Å²) in [6.45, 7) is -0.203. The fraction of sp³-hybridized carbons (Fsp3) is 0.375. The number of aromatic nitrogens is 2. The average Bonchev–Trinajstić information content (AvgIpc) is 2.92. The number of carbonyl (C=O) groups excluding carboxylic acids is 1. The zero-order valence-corrected chi connectivity index (χ0v) is 12.4. The lowest BCUT2D eigenvalue weighted by Crippen LogP contribution is -2.31. The van der Waals surface area contributed by atoms with Crippen molar-refractivity contribution in [2.24, 2.45) is 0 Å². The predicted molar refractivity (Wildman–Crippen MR) is 79.0 cm³/mol. The van der Waals surface area contributed by atoms with Crippen LogP contribution in [-0.4, -0.2) is 27.4 Å². The Kier molecular flexibility index (Phi) is 4.38. The Morgan fingerprint density at radius 1 is 1.43 bits per heavy atom. The normalized spacial score (nSPS) is 16.9. The highest BCUT2D eigenvalue weighted by Crippen LogP contribution is 2.31. The minimum atomic E-state index is -0.678. The molecule has 7 heteroatoms. The summed E-state index contributed by atoms with van der Waals surface area (Å²) in [5, 5.41) is 15.9. The van der Waals surface area contributed by atoms with Gasteiger partial charge in [-0.25, -0.2) is 13.5 Å². The maximum atomic E-state index is 14.0. The molecule has 0 saturated carbocycles. The summed E-state index contributed by atoms with van der Waals surface area (Å²) >= 11 is 0. The molecule has 0 bridgehead atoms. The number of fused-ring (bicyclic) bond motifs is 1. The average molecular weight is 321 g/mol. The number of amides is 1. The van der Waals surface area contributed by atoms with Crippen molar-refractivity contribution in [3.63, 3.8) is 0 Å². The first kappa shape index (κ1) is 15.6. The molecule has 1 heterocycles. The second-order valence-corrected chi connectivity index (χ2v) is 5.54. The van der Waals surface area contributed by atoms with Crippen LogP contribution in [0.4, 0.5) is 8.78 Å². The number of nitrogens with zero attached hydrogens (tertiary/aromatic N) is 2. The summed E-state index contributed by atoms with van der Waals surface area (Å²) in [7, 11) is 0.